The maximum absolute atomic E-state index is 13.1. The van der Waals surface area contributed by atoms with Crippen LogP contribution in [0.2, 0.25) is 0 Å². The first-order chi connectivity index (χ1) is 12.6. The molecule has 132 valence electrons. The predicted molar refractivity (Wildman–Crippen MR) is 99.9 cm³/mol. The maximum atomic E-state index is 13.1. The van der Waals surface area contributed by atoms with Crippen molar-refractivity contribution in [1.82, 2.24) is 10.2 Å². The summed E-state index contributed by atoms with van der Waals surface area (Å²) in [6.45, 7) is 0. The van der Waals surface area contributed by atoms with Gasteiger partial charge in [0, 0.05) is 11.8 Å². The van der Waals surface area contributed by atoms with E-state index in [4.69, 9.17) is 0 Å². The standard InChI is InChI=1S/C18H13F2N3OS2/c19-14-7-4-13(5-8-14)11-25-18-23-22-17(26-18)21-16(24)9-6-12-2-1-3-15(20)10-12/h1-10H,11H2,(H,21,22,24)/b9-6+. The van der Waals surface area contributed by atoms with E-state index in [-0.39, 0.29) is 17.5 Å². The minimum atomic E-state index is -0.375. The first-order valence-electron chi connectivity index (χ1n) is 7.54. The summed E-state index contributed by atoms with van der Waals surface area (Å²) >= 11 is 2.70. The van der Waals surface area contributed by atoms with E-state index in [9.17, 15) is 13.6 Å². The third-order valence-electron chi connectivity index (χ3n) is 3.19. The molecular weight excluding hydrogens is 376 g/mol. The summed E-state index contributed by atoms with van der Waals surface area (Å²) in [4.78, 5) is 11.9. The van der Waals surface area contributed by atoms with Crippen LogP contribution in [-0.2, 0) is 10.5 Å². The summed E-state index contributed by atoms with van der Waals surface area (Å²) in [5.41, 5.74) is 1.56. The number of hydrogen-bond donors (Lipinski definition) is 1. The van der Waals surface area contributed by atoms with Crippen LogP contribution in [0.4, 0.5) is 13.9 Å². The van der Waals surface area contributed by atoms with Crippen molar-refractivity contribution >= 4 is 40.2 Å². The minimum Gasteiger partial charge on any atom is -0.297 e. The molecule has 0 aliphatic rings. The number of nitrogens with zero attached hydrogens (tertiary/aromatic N) is 2. The summed E-state index contributed by atoms with van der Waals surface area (Å²) in [6.07, 6.45) is 2.82. The Kier molecular flexibility index (Phi) is 6.08. The SMILES string of the molecule is O=C(/C=C/c1cccc(F)c1)Nc1nnc(SCc2ccc(F)cc2)s1. The summed E-state index contributed by atoms with van der Waals surface area (Å²) in [5.74, 6) is -0.381. The van der Waals surface area contributed by atoms with Crippen LogP contribution >= 0.6 is 23.1 Å². The fourth-order valence-electron chi connectivity index (χ4n) is 1.97. The molecule has 0 radical (unpaired) electrons. The van der Waals surface area contributed by atoms with Crippen molar-refractivity contribution in [3.8, 4) is 0 Å². The van der Waals surface area contributed by atoms with Gasteiger partial charge in [0.15, 0.2) is 4.34 Å². The number of amides is 1. The lowest BCUT2D eigenvalue weighted by Gasteiger charge is -1.98. The van der Waals surface area contributed by atoms with Gasteiger partial charge >= 0.3 is 0 Å². The number of carbonyl (C=O) groups is 1. The molecule has 0 aliphatic heterocycles. The first-order valence-corrected chi connectivity index (χ1v) is 9.34. The summed E-state index contributed by atoms with van der Waals surface area (Å²) in [7, 11) is 0. The second kappa shape index (κ2) is 8.68. The zero-order chi connectivity index (χ0) is 18.4. The molecule has 1 N–H and O–H groups in total. The van der Waals surface area contributed by atoms with Crippen LogP contribution in [0.25, 0.3) is 6.08 Å². The van der Waals surface area contributed by atoms with E-state index in [1.807, 2.05) is 0 Å². The van der Waals surface area contributed by atoms with Gasteiger partial charge in [-0.05, 0) is 41.5 Å². The highest BCUT2D eigenvalue weighted by molar-refractivity contribution is 8.00. The van der Waals surface area contributed by atoms with Crippen molar-refractivity contribution in [3.63, 3.8) is 0 Å². The highest BCUT2D eigenvalue weighted by Gasteiger charge is 2.07. The Balaban J connectivity index is 1.52. The average Bonchev–Trinajstić information content (AvgIpc) is 3.07. The van der Waals surface area contributed by atoms with Crippen LogP contribution in [0.5, 0.6) is 0 Å². The van der Waals surface area contributed by atoms with Gasteiger partial charge in [-0.25, -0.2) is 8.78 Å². The Labute approximate surface area is 157 Å². The van der Waals surface area contributed by atoms with Gasteiger partial charge in [-0.1, -0.05) is 47.4 Å². The van der Waals surface area contributed by atoms with Gasteiger partial charge in [-0.2, -0.15) is 0 Å². The van der Waals surface area contributed by atoms with Crippen molar-refractivity contribution < 1.29 is 13.6 Å². The molecule has 8 heteroatoms. The number of thioether (sulfide) groups is 1. The third kappa shape index (κ3) is 5.47. The first kappa shape index (κ1) is 18.2. The summed E-state index contributed by atoms with van der Waals surface area (Å²) in [6, 6.07) is 12.2. The normalized spacial score (nSPS) is 11.0. The maximum Gasteiger partial charge on any atom is 0.250 e. The van der Waals surface area contributed by atoms with Crippen molar-refractivity contribution in [2.45, 2.75) is 10.1 Å². The Morgan fingerprint density at radius 1 is 1.12 bits per heavy atom. The molecular formula is C18H13F2N3OS2. The van der Waals surface area contributed by atoms with E-state index in [1.54, 1.807) is 24.3 Å². The monoisotopic (exact) mass is 389 g/mol. The van der Waals surface area contributed by atoms with Crippen LogP contribution in [0, 0.1) is 11.6 Å². The Bertz CT molecular complexity index is 926. The Hall–Kier alpha value is -2.58. The van der Waals surface area contributed by atoms with Crippen molar-refractivity contribution in [2.75, 3.05) is 5.32 Å². The topological polar surface area (TPSA) is 54.9 Å². The molecule has 0 bridgehead atoms. The molecule has 0 aliphatic carbocycles. The molecule has 2 aromatic carbocycles. The molecule has 0 saturated carbocycles. The van der Waals surface area contributed by atoms with Gasteiger partial charge in [-0.15, -0.1) is 10.2 Å². The van der Waals surface area contributed by atoms with Gasteiger partial charge in [0.05, 0.1) is 0 Å². The lowest BCUT2D eigenvalue weighted by molar-refractivity contribution is -0.111. The molecule has 3 aromatic rings. The van der Waals surface area contributed by atoms with Crippen LogP contribution in [0.3, 0.4) is 0 Å². The molecule has 0 unspecified atom stereocenters. The third-order valence-corrected chi connectivity index (χ3v) is 5.23. The number of hydrogen-bond acceptors (Lipinski definition) is 5. The fourth-order valence-corrected chi connectivity index (χ4v) is 3.68. The summed E-state index contributed by atoms with van der Waals surface area (Å²) in [5, 5.41) is 10.9. The smallest absolute Gasteiger partial charge is 0.250 e. The van der Waals surface area contributed by atoms with Crippen LogP contribution in [0.15, 0.2) is 58.9 Å². The lowest BCUT2D eigenvalue weighted by atomic mass is 10.2. The minimum absolute atomic E-state index is 0.272. The van der Waals surface area contributed by atoms with Gasteiger partial charge in [0.2, 0.25) is 11.0 Å². The molecule has 3 rings (SSSR count). The molecule has 1 heterocycles. The molecule has 1 amide bonds. The van der Waals surface area contributed by atoms with E-state index in [0.717, 1.165) is 5.56 Å². The molecule has 0 atom stereocenters. The average molecular weight is 389 g/mol. The van der Waals surface area contributed by atoms with E-state index >= 15 is 0 Å². The number of anilines is 1. The second-order valence-electron chi connectivity index (χ2n) is 5.17. The number of aromatic nitrogens is 2. The van der Waals surface area contributed by atoms with E-state index < -0.39 is 0 Å². The van der Waals surface area contributed by atoms with Crippen molar-refractivity contribution in [1.29, 1.82) is 0 Å². The van der Waals surface area contributed by atoms with E-state index in [0.29, 0.717) is 20.8 Å². The van der Waals surface area contributed by atoms with Crippen LogP contribution in [-0.4, -0.2) is 16.1 Å². The quantitative estimate of drug-likeness (QED) is 0.375. The summed E-state index contributed by atoms with van der Waals surface area (Å²) < 4.78 is 26.7. The molecule has 26 heavy (non-hydrogen) atoms. The number of carbonyl (C=O) groups excluding carboxylic acids is 1. The predicted octanol–water partition coefficient (Wildman–Crippen LogP) is 4.76. The van der Waals surface area contributed by atoms with Crippen LogP contribution < -0.4 is 5.32 Å². The van der Waals surface area contributed by atoms with E-state index in [2.05, 4.69) is 15.5 Å². The zero-order valence-corrected chi connectivity index (χ0v) is 15.0. The molecule has 0 saturated heterocycles. The van der Waals surface area contributed by atoms with Gasteiger partial charge in [0.1, 0.15) is 11.6 Å². The molecule has 1 aromatic heterocycles. The fraction of sp³-hybridized carbons (Fsp3) is 0.0556. The largest absolute Gasteiger partial charge is 0.297 e. The molecule has 4 nitrogen and oxygen atoms in total. The van der Waals surface area contributed by atoms with Crippen LogP contribution in [0.1, 0.15) is 11.1 Å². The number of nitrogens with one attached hydrogen (secondary N) is 1. The van der Waals surface area contributed by atoms with Crippen molar-refractivity contribution in [3.05, 3.63) is 77.4 Å². The number of benzene rings is 2. The lowest BCUT2D eigenvalue weighted by Crippen LogP contribution is -2.07. The molecule has 0 spiro atoms. The van der Waals surface area contributed by atoms with Gasteiger partial charge < -0.3 is 0 Å². The van der Waals surface area contributed by atoms with Gasteiger partial charge in [-0.3, -0.25) is 10.1 Å². The second-order valence-corrected chi connectivity index (χ2v) is 7.37. The number of rotatable bonds is 6. The van der Waals surface area contributed by atoms with Crippen molar-refractivity contribution in [2.24, 2.45) is 0 Å². The van der Waals surface area contributed by atoms with E-state index in [1.165, 1.54) is 59.5 Å². The zero-order valence-electron chi connectivity index (χ0n) is 13.4. The Morgan fingerprint density at radius 2 is 1.92 bits per heavy atom. The molecule has 0 fully saturated rings. The van der Waals surface area contributed by atoms with Gasteiger partial charge in [0.25, 0.3) is 0 Å². The Morgan fingerprint density at radius 3 is 2.69 bits per heavy atom. The highest BCUT2D eigenvalue weighted by atomic mass is 32.2. The number of halogens is 2. The highest BCUT2D eigenvalue weighted by Crippen LogP contribution is 2.28.